The Kier molecular flexibility index (Phi) is 9.44. The Labute approximate surface area is 326 Å². The van der Waals surface area contributed by atoms with Gasteiger partial charge in [-0.3, -0.25) is 0 Å². The number of para-hydroxylation sites is 1. The van der Waals surface area contributed by atoms with Gasteiger partial charge in [-0.1, -0.05) is 84.8 Å². The van der Waals surface area contributed by atoms with Crippen LogP contribution in [0.2, 0.25) is 0 Å². The van der Waals surface area contributed by atoms with Gasteiger partial charge in [0, 0.05) is 56.7 Å². The number of benzene rings is 3. The Morgan fingerprint density at radius 1 is 0.698 bits per heavy atom. The zero-order valence-electron chi connectivity index (χ0n) is 31.4. The van der Waals surface area contributed by atoms with Crippen LogP contribution < -0.4 is 14.5 Å². The fourth-order valence-electron chi connectivity index (χ4n) is 6.81. The SMILES string of the molecule is CC(C)c1cnc(N2[CH-]N(c3[c-]c(Oc4[c-]c5c(cc4)c4ccccc4n5-c4cc(C(C)(C)C)ccn4)ccc3)c3ncccc32)c(C(C)(C)C)c1.[Pt]. The predicted octanol–water partition coefficient (Wildman–Crippen LogP) is 11.5. The average molecular weight is 879 g/mol. The molecule has 0 N–H and O–H groups in total. The van der Waals surface area contributed by atoms with Crippen LogP contribution in [0.1, 0.15) is 78.0 Å². The van der Waals surface area contributed by atoms with Crippen LogP contribution >= 0.6 is 0 Å². The van der Waals surface area contributed by atoms with E-state index >= 15 is 0 Å². The van der Waals surface area contributed by atoms with Gasteiger partial charge in [-0.05, 0) is 75.2 Å². The van der Waals surface area contributed by atoms with Gasteiger partial charge < -0.3 is 19.1 Å². The maximum absolute atomic E-state index is 6.52. The van der Waals surface area contributed by atoms with Gasteiger partial charge in [0.05, 0.1) is 5.69 Å². The monoisotopic (exact) mass is 878 g/mol. The molecule has 4 aromatic heterocycles. The van der Waals surface area contributed by atoms with Gasteiger partial charge in [-0.2, -0.15) is 12.1 Å². The second kappa shape index (κ2) is 13.8. The second-order valence-corrected chi connectivity index (χ2v) is 15.8. The number of hydrogen-bond acceptors (Lipinski definition) is 6. The molecule has 7 aromatic rings. The van der Waals surface area contributed by atoms with E-state index in [1.54, 1.807) is 0 Å². The van der Waals surface area contributed by atoms with Crippen molar-refractivity contribution >= 4 is 44.8 Å². The van der Waals surface area contributed by atoms with E-state index in [0.717, 1.165) is 50.6 Å². The average Bonchev–Trinajstić information content (AvgIpc) is 3.67. The van der Waals surface area contributed by atoms with Gasteiger partial charge in [-0.25, -0.2) is 15.0 Å². The zero-order valence-corrected chi connectivity index (χ0v) is 33.6. The van der Waals surface area contributed by atoms with Crippen molar-refractivity contribution in [1.29, 1.82) is 0 Å². The molecule has 272 valence electrons. The van der Waals surface area contributed by atoms with Crippen molar-refractivity contribution < 1.29 is 25.8 Å². The van der Waals surface area contributed by atoms with E-state index in [2.05, 4.69) is 138 Å². The molecule has 8 rings (SSSR count). The van der Waals surface area contributed by atoms with Crippen LogP contribution in [0.15, 0.2) is 104 Å². The largest absolute Gasteiger partial charge is 0.509 e. The molecule has 0 spiro atoms. The maximum Gasteiger partial charge on any atom is 0.135 e. The van der Waals surface area contributed by atoms with Crippen LogP contribution in [0.4, 0.5) is 23.0 Å². The van der Waals surface area contributed by atoms with Gasteiger partial charge in [0.1, 0.15) is 17.5 Å². The minimum absolute atomic E-state index is 0. The second-order valence-electron chi connectivity index (χ2n) is 15.8. The molecule has 7 nitrogen and oxygen atoms in total. The Hall–Kier alpha value is -5.00. The van der Waals surface area contributed by atoms with Crippen molar-refractivity contribution in [3.8, 4) is 17.3 Å². The number of nitrogens with zero attached hydrogens (tertiary/aromatic N) is 6. The molecule has 0 unspecified atom stereocenters. The number of aromatic nitrogens is 4. The summed E-state index contributed by atoms with van der Waals surface area (Å²) in [6.07, 6.45) is 5.70. The summed E-state index contributed by atoms with van der Waals surface area (Å²) in [7, 11) is 0. The van der Waals surface area contributed by atoms with Crippen molar-refractivity contribution in [3.63, 3.8) is 0 Å². The minimum Gasteiger partial charge on any atom is -0.509 e. The Bertz CT molecular complexity index is 2460. The quantitative estimate of drug-likeness (QED) is 0.155. The molecule has 1 aliphatic heterocycles. The summed E-state index contributed by atoms with van der Waals surface area (Å²) in [4.78, 5) is 18.8. The topological polar surface area (TPSA) is 59.3 Å². The number of rotatable bonds is 6. The van der Waals surface area contributed by atoms with Crippen LogP contribution in [0.25, 0.3) is 27.6 Å². The van der Waals surface area contributed by atoms with Crippen molar-refractivity contribution in [3.05, 3.63) is 139 Å². The molecule has 1 aliphatic rings. The fraction of sp³-hybridized carbons (Fsp3) is 0.244. The molecule has 3 aromatic carbocycles. The molecule has 0 saturated carbocycles. The smallest absolute Gasteiger partial charge is 0.135 e. The zero-order chi connectivity index (χ0) is 36.4. The molecule has 0 atom stereocenters. The summed E-state index contributed by atoms with van der Waals surface area (Å²) in [6, 6.07) is 36.1. The summed E-state index contributed by atoms with van der Waals surface area (Å²) >= 11 is 0. The molecule has 0 bridgehead atoms. The molecule has 53 heavy (non-hydrogen) atoms. The van der Waals surface area contributed by atoms with Gasteiger partial charge in [-0.15, -0.1) is 42.4 Å². The summed E-state index contributed by atoms with van der Waals surface area (Å²) in [6.45, 7) is 19.8. The normalized spacial score (nSPS) is 13.2. The van der Waals surface area contributed by atoms with Crippen LogP contribution in [0.3, 0.4) is 0 Å². The van der Waals surface area contributed by atoms with Crippen molar-refractivity contribution in [2.45, 2.75) is 72.1 Å². The summed E-state index contributed by atoms with van der Waals surface area (Å²) in [5.74, 6) is 4.08. The molecule has 0 saturated heterocycles. The van der Waals surface area contributed by atoms with Crippen LogP contribution in [-0.2, 0) is 31.9 Å². The Morgan fingerprint density at radius 2 is 1.49 bits per heavy atom. The first-order valence-electron chi connectivity index (χ1n) is 17.9. The van der Waals surface area contributed by atoms with Crippen LogP contribution in [-0.4, -0.2) is 19.5 Å². The van der Waals surface area contributed by atoms with E-state index < -0.39 is 0 Å². The van der Waals surface area contributed by atoms with Gasteiger partial charge in [0.15, 0.2) is 0 Å². The van der Waals surface area contributed by atoms with E-state index in [9.17, 15) is 0 Å². The molecule has 5 heterocycles. The molecule has 0 aliphatic carbocycles. The minimum atomic E-state index is -0.120. The maximum atomic E-state index is 6.52. The van der Waals surface area contributed by atoms with Crippen molar-refractivity contribution in [2.75, 3.05) is 9.80 Å². The van der Waals surface area contributed by atoms with E-state index in [1.165, 1.54) is 16.7 Å². The fourth-order valence-corrected chi connectivity index (χ4v) is 6.81. The van der Waals surface area contributed by atoms with Crippen molar-refractivity contribution in [2.24, 2.45) is 0 Å². The van der Waals surface area contributed by atoms with E-state index in [1.807, 2.05) is 53.8 Å². The molecule has 0 amide bonds. The van der Waals surface area contributed by atoms with Crippen LogP contribution in [0.5, 0.6) is 11.5 Å². The molecule has 0 radical (unpaired) electrons. The number of hydrogen-bond donors (Lipinski definition) is 0. The van der Waals surface area contributed by atoms with E-state index in [0.29, 0.717) is 17.4 Å². The molecule has 0 fully saturated rings. The molecular weight excluding hydrogens is 836 g/mol. The number of fused-ring (bicyclic) bond motifs is 4. The van der Waals surface area contributed by atoms with Gasteiger partial charge >= 0.3 is 0 Å². The van der Waals surface area contributed by atoms with E-state index in [-0.39, 0.29) is 31.9 Å². The summed E-state index contributed by atoms with van der Waals surface area (Å²) in [5, 5.41) is 2.22. The first-order chi connectivity index (χ1) is 24.9. The van der Waals surface area contributed by atoms with Gasteiger partial charge in [0.25, 0.3) is 0 Å². The van der Waals surface area contributed by atoms with Crippen LogP contribution in [0, 0.1) is 18.8 Å². The first-order valence-corrected chi connectivity index (χ1v) is 17.9. The first kappa shape index (κ1) is 36.4. The summed E-state index contributed by atoms with van der Waals surface area (Å²) < 4.78 is 8.70. The third kappa shape index (κ3) is 6.72. The van der Waals surface area contributed by atoms with Crippen molar-refractivity contribution in [1.82, 2.24) is 19.5 Å². The Balaban J connectivity index is 0.00000435. The number of anilines is 4. The Morgan fingerprint density at radius 3 is 2.26 bits per heavy atom. The standard InChI is InChI=1S/C45H43N6O.Pt/c1-29(2)30-23-37(45(6,7)8)42(48-27-30)50-28-49(43-39(50)17-12-21-47-43)32-13-11-14-33(25-32)52-34-18-19-36-35-15-9-10-16-38(35)51(40(36)26-34)41-24-31(20-22-46-41)44(3,4)5;/h9-24,27-29H,1-8H3;/q-3;. The van der Waals surface area contributed by atoms with Gasteiger partial charge in [0.2, 0.25) is 0 Å². The number of ether oxygens (including phenoxy) is 1. The number of pyridine rings is 3. The predicted molar refractivity (Wildman–Crippen MR) is 211 cm³/mol. The molecular formula is C45H43N6OPt-3. The molecule has 8 heteroatoms. The summed E-state index contributed by atoms with van der Waals surface area (Å²) in [5.41, 5.74) is 7.21. The third-order valence-electron chi connectivity index (χ3n) is 9.71. The van der Waals surface area contributed by atoms with E-state index in [4.69, 9.17) is 19.7 Å². The third-order valence-corrected chi connectivity index (χ3v) is 9.71.